The van der Waals surface area contributed by atoms with Crippen molar-refractivity contribution in [2.45, 2.75) is 46.6 Å². The highest BCUT2D eigenvalue weighted by atomic mass is 35.5. The molecule has 4 heteroatoms. The third-order valence-electron chi connectivity index (χ3n) is 2.97. The Kier molecular flexibility index (Phi) is 5.90. The molecule has 18 heavy (non-hydrogen) atoms. The van der Waals surface area contributed by atoms with Crippen molar-refractivity contribution in [2.75, 3.05) is 6.54 Å². The largest absolute Gasteiger partial charge is 0.313 e. The van der Waals surface area contributed by atoms with E-state index in [9.17, 15) is 0 Å². The first-order valence-corrected chi connectivity index (χ1v) is 7.13. The highest BCUT2D eigenvalue weighted by Gasteiger charge is 2.25. The smallest absolute Gasteiger partial charge is 0.0636 e. The lowest BCUT2D eigenvalue weighted by Gasteiger charge is -2.31. The van der Waals surface area contributed by atoms with Gasteiger partial charge in [0.1, 0.15) is 0 Å². The summed E-state index contributed by atoms with van der Waals surface area (Å²) in [5.74, 6) is 0. The molecule has 0 saturated heterocycles. The number of aromatic nitrogens is 1. The highest BCUT2D eigenvalue weighted by molar-refractivity contribution is 6.34. The second-order valence-corrected chi connectivity index (χ2v) is 6.50. The van der Waals surface area contributed by atoms with Crippen LogP contribution in [0.3, 0.4) is 0 Å². The van der Waals surface area contributed by atoms with Crippen LogP contribution in [0.2, 0.25) is 10.0 Å². The first-order valence-electron chi connectivity index (χ1n) is 6.38. The zero-order valence-corrected chi connectivity index (χ0v) is 13.1. The quantitative estimate of drug-likeness (QED) is 0.872. The Morgan fingerprint density at radius 3 is 2.50 bits per heavy atom. The number of nitrogens with zero attached hydrogens (tertiary/aromatic N) is 1. The molecule has 1 atom stereocenters. The molecule has 1 heterocycles. The maximum absolute atomic E-state index is 6.18. The summed E-state index contributed by atoms with van der Waals surface area (Å²) in [6.45, 7) is 9.85. The Bertz CT molecular complexity index is 386. The summed E-state index contributed by atoms with van der Waals surface area (Å²) >= 11 is 12.0. The first kappa shape index (κ1) is 15.7. The van der Waals surface area contributed by atoms with Crippen molar-refractivity contribution in [3.05, 3.63) is 28.0 Å². The average molecular weight is 289 g/mol. The predicted octanol–water partition coefficient (Wildman–Crippen LogP) is 4.35. The molecule has 0 spiro atoms. The van der Waals surface area contributed by atoms with Crippen LogP contribution in [-0.4, -0.2) is 17.6 Å². The normalized spacial score (nSPS) is 13.7. The van der Waals surface area contributed by atoms with Crippen LogP contribution in [0.15, 0.2) is 12.3 Å². The fraction of sp³-hybridized carbons (Fsp3) is 0.643. The van der Waals surface area contributed by atoms with E-state index in [0.717, 1.165) is 25.1 Å². The highest BCUT2D eigenvalue weighted by Crippen LogP contribution is 2.26. The molecule has 0 aromatic carbocycles. The van der Waals surface area contributed by atoms with Crippen molar-refractivity contribution in [3.63, 3.8) is 0 Å². The topological polar surface area (TPSA) is 24.9 Å². The summed E-state index contributed by atoms with van der Waals surface area (Å²) in [4.78, 5) is 4.34. The van der Waals surface area contributed by atoms with Crippen molar-refractivity contribution in [1.82, 2.24) is 10.3 Å². The van der Waals surface area contributed by atoms with E-state index in [-0.39, 0.29) is 5.41 Å². The minimum absolute atomic E-state index is 0.166. The number of rotatable bonds is 5. The lowest BCUT2D eigenvalue weighted by atomic mass is 9.84. The van der Waals surface area contributed by atoms with Crippen molar-refractivity contribution in [2.24, 2.45) is 5.41 Å². The molecule has 0 fully saturated rings. The standard InChI is InChI=1S/C14H22Cl2N2/c1-5-6-17-13(14(2,3)4)8-12-11(16)7-10(15)9-18-12/h7,9,13,17H,5-6,8H2,1-4H3. The van der Waals surface area contributed by atoms with Crippen LogP contribution >= 0.6 is 23.2 Å². The number of pyridine rings is 1. The van der Waals surface area contributed by atoms with Gasteiger partial charge >= 0.3 is 0 Å². The van der Waals surface area contributed by atoms with Gasteiger partial charge in [-0.05, 0) is 24.4 Å². The zero-order chi connectivity index (χ0) is 13.8. The van der Waals surface area contributed by atoms with Crippen LogP contribution in [0.1, 0.15) is 39.8 Å². The van der Waals surface area contributed by atoms with E-state index in [0.29, 0.717) is 16.1 Å². The molecular formula is C14H22Cl2N2. The molecule has 1 aromatic heterocycles. The van der Waals surface area contributed by atoms with E-state index in [1.165, 1.54) is 0 Å². The van der Waals surface area contributed by atoms with E-state index >= 15 is 0 Å². The Morgan fingerprint density at radius 1 is 1.33 bits per heavy atom. The summed E-state index contributed by atoms with van der Waals surface area (Å²) in [6, 6.07) is 2.11. The fourth-order valence-corrected chi connectivity index (χ4v) is 2.25. The molecule has 0 bridgehead atoms. The fourth-order valence-electron chi connectivity index (χ4n) is 1.79. The van der Waals surface area contributed by atoms with E-state index in [1.807, 2.05) is 0 Å². The van der Waals surface area contributed by atoms with Crippen LogP contribution in [0.4, 0.5) is 0 Å². The molecule has 102 valence electrons. The van der Waals surface area contributed by atoms with Gasteiger partial charge in [0.05, 0.1) is 15.7 Å². The minimum atomic E-state index is 0.166. The maximum atomic E-state index is 6.18. The predicted molar refractivity (Wildman–Crippen MR) is 79.5 cm³/mol. The first-order chi connectivity index (χ1) is 8.34. The maximum Gasteiger partial charge on any atom is 0.0636 e. The van der Waals surface area contributed by atoms with Crippen LogP contribution in [0.25, 0.3) is 0 Å². The van der Waals surface area contributed by atoms with E-state index < -0.39 is 0 Å². The lowest BCUT2D eigenvalue weighted by Crippen LogP contribution is -2.42. The molecule has 0 aliphatic carbocycles. The summed E-state index contributed by atoms with van der Waals surface area (Å²) in [5, 5.41) is 4.80. The summed E-state index contributed by atoms with van der Waals surface area (Å²) < 4.78 is 0. The van der Waals surface area contributed by atoms with E-state index in [1.54, 1.807) is 12.3 Å². The van der Waals surface area contributed by atoms with Gasteiger partial charge in [-0.2, -0.15) is 0 Å². The molecule has 0 radical (unpaired) electrons. The van der Waals surface area contributed by atoms with Gasteiger partial charge in [0, 0.05) is 18.7 Å². The van der Waals surface area contributed by atoms with Crippen molar-refractivity contribution in [3.8, 4) is 0 Å². The molecule has 0 aliphatic heterocycles. The molecule has 0 saturated carbocycles. The molecule has 1 unspecified atom stereocenters. The molecule has 2 nitrogen and oxygen atoms in total. The number of hydrogen-bond donors (Lipinski definition) is 1. The van der Waals surface area contributed by atoms with Crippen LogP contribution in [0, 0.1) is 5.41 Å². The van der Waals surface area contributed by atoms with Crippen LogP contribution in [-0.2, 0) is 6.42 Å². The zero-order valence-electron chi connectivity index (χ0n) is 11.6. The van der Waals surface area contributed by atoms with Gasteiger partial charge in [-0.25, -0.2) is 0 Å². The van der Waals surface area contributed by atoms with Gasteiger partial charge in [0.15, 0.2) is 0 Å². The minimum Gasteiger partial charge on any atom is -0.313 e. The number of nitrogens with one attached hydrogen (secondary N) is 1. The van der Waals surface area contributed by atoms with Gasteiger partial charge in [0.25, 0.3) is 0 Å². The summed E-state index contributed by atoms with van der Waals surface area (Å²) in [7, 11) is 0. The monoisotopic (exact) mass is 288 g/mol. The van der Waals surface area contributed by atoms with Crippen molar-refractivity contribution >= 4 is 23.2 Å². The second kappa shape index (κ2) is 6.74. The van der Waals surface area contributed by atoms with Crippen molar-refractivity contribution < 1.29 is 0 Å². The molecule has 0 aliphatic rings. The summed E-state index contributed by atoms with van der Waals surface area (Å²) in [5.41, 5.74) is 1.07. The van der Waals surface area contributed by atoms with E-state index in [4.69, 9.17) is 23.2 Å². The Labute approximate surface area is 120 Å². The number of hydrogen-bond acceptors (Lipinski definition) is 2. The Balaban J connectivity index is 2.82. The van der Waals surface area contributed by atoms with Gasteiger partial charge < -0.3 is 5.32 Å². The van der Waals surface area contributed by atoms with Gasteiger partial charge in [-0.3, -0.25) is 4.98 Å². The molecular weight excluding hydrogens is 267 g/mol. The van der Waals surface area contributed by atoms with Crippen molar-refractivity contribution in [1.29, 1.82) is 0 Å². The third-order valence-corrected chi connectivity index (χ3v) is 3.50. The molecule has 0 amide bonds. The Morgan fingerprint density at radius 2 is 2.00 bits per heavy atom. The lowest BCUT2D eigenvalue weighted by molar-refractivity contribution is 0.265. The van der Waals surface area contributed by atoms with Gasteiger partial charge in [-0.15, -0.1) is 0 Å². The van der Waals surface area contributed by atoms with Gasteiger partial charge in [-0.1, -0.05) is 50.9 Å². The second-order valence-electron chi connectivity index (χ2n) is 5.66. The third kappa shape index (κ3) is 4.75. The molecule has 1 aromatic rings. The number of halogens is 2. The Hall–Kier alpha value is -0.310. The summed E-state index contributed by atoms with van der Waals surface area (Å²) in [6.07, 6.45) is 3.59. The molecule has 1 N–H and O–H groups in total. The SMILES string of the molecule is CCCNC(Cc1ncc(Cl)cc1Cl)C(C)(C)C. The molecule has 1 rings (SSSR count). The average Bonchev–Trinajstić information content (AvgIpc) is 2.25. The van der Waals surface area contributed by atoms with Gasteiger partial charge in [0.2, 0.25) is 0 Å². The van der Waals surface area contributed by atoms with Crippen LogP contribution in [0.5, 0.6) is 0 Å². The van der Waals surface area contributed by atoms with E-state index in [2.05, 4.69) is 38.0 Å². The van der Waals surface area contributed by atoms with Crippen LogP contribution < -0.4 is 5.32 Å².